The molecule has 2 amide bonds. The number of para-hydroxylation sites is 1. The number of hydrogen-bond acceptors (Lipinski definition) is 3. The Kier molecular flexibility index (Phi) is 6.24. The lowest BCUT2D eigenvalue weighted by atomic mass is 10.1. The molecule has 0 bridgehead atoms. The van der Waals surface area contributed by atoms with E-state index in [0.717, 1.165) is 16.3 Å². The fraction of sp³-hybridized carbons (Fsp3) is 0.0769. The van der Waals surface area contributed by atoms with Gasteiger partial charge in [-0.1, -0.05) is 72.8 Å². The Morgan fingerprint density at radius 1 is 0.742 bits per heavy atom. The zero-order valence-corrected chi connectivity index (χ0v) is 16.9. The smallest absolute Gasteiger partial charge is 0.262 e. The molecule has 0 aliphatic heterocycles. The summed E-state index contributed by atoms with van der Waals surface area (Å²) >= 11 is 0. The standard InChI is InChI=1S/C26H22N2O3/c29-25(28-22-15-14-20-10-4-5-11-21(20)16-22)18-31-24-13-7-6-12-23(24)26(30)27-17-19-8-2-1-3-9-19/h1-16H,17-18H2,(H,27,30)(H,28,29). The average Bonchev–Trinajstić information content (AvgIpc) is 2.82. The lowest BCUT2D eigenvalue weighted by Gasteiger charge is -2.12. The first kappa shape index (κ1) is 20.2. The molecule has 4 rings (SSSR count). The molecule has 0 saturated heterocycles. The van der Waals surface area contributed by atoms with Crippen LogP contribution in [0.5, 0.6) is 5.75 Å². The van der Waals surface area contributed by atoms with Crippen molar-refractivity contribution in [2.45, 2.75) is 6.54 Å². The summed E-state index contributed by atoms with van der Waals surface area (Å²) in [5, 5.41) is 7.86. The number of carbonyl (C=O) groups excluding carboxylic acids is 2. The Balaban J connectivity index is 1.36. The maximum Gasteiger partial charge on any atom is 0.262 e. The molecular weight excluding hydrogens is 388 g/mol. The monoisotopic (exact) mass is 410 g/mol. The highest BCUT2D eigenvalue weighted by Gasteiger charge is 2.13. The predicted octanol–water partition coefficient (Wildman–Crippen LogP) is 4.79. The van der Waals surface area contributed by atoms with Gasteiger partial charge < -0.3 is 15.4 Å². The van der Waals surface area contributed by atoms with Gasteiger partial charge in [-0.25, -0.2) is 0 Å². The van der Waals surface area contributed by atoms with Crippen molar-refractivity contribution in [1.29, 1.82) is 0 Å². The summed E-state index contributed by atoms with van der Waals surface area (Å²) in [5.74, 6) is -0.189. The van der Waals surface area contributed by atoms with E-state index in [9.17, 15) is 9.59 Å². The van der Waals surface area contributed by atoms with Crippen molar-refractivity contribution >= 4 is 28.3 Å². The van der Waals surface area contributed by atoms with Crippen molar-refractivity contribution in [2.24, 2.45) is 0 Å². The number of hydrogen-bond donors (Lipinski definition) is 2. The second kappa shape index (κ2) is 9.59. The summed E-state index contributed by atoms with van der Waals surface area (Å²) in [4.78, 5) is 25.0. The van der Waals surface area contributed by atoms with Gasteiger partial charge in [-0.3, -0.25) is 9.59 Å². The first-order valence-electron chi connectivity index (χ1n) is 10.0. The van der Waals surface area contributed by atoms with E-state index in [4.69, 9.17) is 4.74 Å². The molecule has 0 fully saturated rings. The minimum atomic E-state index is -0.297. The fourth-order valence-electron chi connectivity index (χ4n) is 3.26. The Hall–Kier alpha value is -4.12. The molecule has 0 atom stereocenters. The van der Waals surface area contributed by atoms with Gasteiger partial charge in [-0.05, 0) is 40.6 Å². The lowest BCUT2D eigenvalue weighted by Crippen LogP contribution is -2.25. The highest BCUT2D eigenvalue weighted by molar-refractivity contribution is 5.98. The maximum atomic E-state index is 12.6. The Morgan fingerprint density at radius 3 is 2.29 bits per heavy atom. The van der Waals surface area contributed by atoms with Crippen LogP contribution in [0, 0.1) is 0 Å². The maximum absolute atomic E-state index is 12.6. The normalized spacial score (nSPS) is 10.5. The van der Waals surface area contributed by atoms with Crippen LogP contribution in [0.3, 0.4) is 0 Å². The molecule has 0 aliphatic rings. The van der Waals surface area contributed by atoms with Crippen molar-refractivity contribution < 1.29 is 14.3 Å². The first-order chi connectivity index (χ1) is 15.2. The molecule has 0 heterocycles. The van der Waals surface area contributed by atoms with Crippen molar-refractivity contribution in [1.82, 2.24) is 5.32 Å². The van der Waals surface area contributed by atoms with Crippen LogP contribution in [0.4, 0.5) is 5.69 Å². The van der Waals surface area contributed by atoms with E-state index in [1.165, 1.54) is 0 Å². The number of nitrogens with one attached hydrogen (secondary N) is 2. The van der Waals surface area contributed by atoms with Crippen LogP contribution in [-0.2, 0) is 11.3 Å². The van der Waals surface area contributed by atoms with E-state index in [0.29, 0.717) is 23.5 Å². The Bertz CT molecular complexity index is 1210. The van der Waals surface area contributed by atoms with Crippen LogP contribution in [-0.4, -0.2) is 18.4 Å². The molecule has 154 valence electrons. The molecule has 0 saturated carbocycles. The summed E-state index contributed by atoms with van der Waals surface area (Å²) in [7, 11) is 0. The number of benzene rings is 4. The molecular formula is C26H22N2O3. The van der Waals surface area contributed by atoms with Crippen LogP contribution < -0.4 is 15.4 Å². The average molecular weight is 410 g/mol. The van der Waals surface area contributed by atoms with Gasteiger partial charge in [0.15, 0.2) is 6.61 Å². The minimum absolute atomic E-state index is 0.199. The second-order valence-electron chi connectivity index (χ2n) is 7.06. The minimum Gasteiger partial charge on any atom is -0.483 e. The molecule has 31 heavy (non-hydrogen) atoms. The van der Waals surface area contributed by atoms with E-state index >= 15 is 0 Å². The molecule has 5 nitrogen and oxygen atoms in total. The van der Waals surface area contributed by atoms with Gasteiger partial charge in [-0.2, -0.15) is 0 Å². The largest absolute Gasteiger partial charge is 0.483 e. The summed E-state index contributed by atoms with van der Waals surface area (Å²) in [5.41, 5.74) is 2.09. The van der Waals surface area contributed by atoms with Crippen LogP contribution >= 0.6 is 0 Å². The number of ether oxygens (including phenoxy) is 1. The van der Waals surface area contributed by atoms with E-state index in [2.05, 4.69) is 10.6 Å². The van der Waals surface area contributed by atoms with Gasteiger partial charge >= 0.3 is 0 Å². The predicted molar refractivity (Wildman–Crippen MR) is 122 cm³/mol. The van der Waals surface area contributed by atoms with Gasteiger partial charge in [-0.15, -0.1) is 0 Å². The van der Waals surface area contributed by atoms with Gasteiger partial charge in [0.05, 0.1) is 5.56 Å². The van der Waals surface area contributed by atoms with Crippen molar-refractivity contribution in [3.05, 3.63) is 108 Å². The molecule has 4 aromatic carbocycles. The lowest BCUT2D eigenvalue weighted by molar-refractivity contribution is -0.118. The van der Waals surface area contributed by atoms with Crippen molar-refractivity contribution in [3.63, 3.8) is 0 Å². The summed E-state index contributed by atoms with van der Waals surface area (Å²) in [6.07, 6.45) is 0. The third-order valence-corrected chi connectivity index (χ3v) is 4.82. The van der Waals surface area contributed by atoms with Crippen LogP contribution in [0.1, 0.15) is 15.9 Å². The number of amides is 2. The fourth-order valence-corrected chi connectivity index (χ4v) is 3.26. The highest BCUT2D eigenvalue weighted by Crippen LogP contribution is 2.20. The van der Waals surface area contributed by atoms with Crippen LogP contribution in [0.2, 0.25) is 0 Å². The highest BCUT2D eigenvalue weighted by atomic mass is 16.5. The number of anilines is 1. The van der Waals surface area contributed by atoms with Gasteiger partial charge in [0.2, 0.25) is 0 Å². The molecule has 0 aromatic heterocycles. The van der Waals surface area contributed by atoms with E-state index in [1.807, 2.05) is 72.8 Å². The first-order valence-corrected chi connectivity index (χ1v) is 10.0. The second-order valence-corrected chi connectivity index (χ2v) is 7.06. The van der Waals surface area contributed by atoms with E-state index < -0.39 is 0 Å². The third-order valence-electron chi connectivity index (χ3n) is 4.82. The number of carbonyl (C=O) groups is 2. The van der Waals surface area contributed by atoms with Crippen molar-refractivity contribution in [2.75, 3.05) is 11.9 Å². The Labute approximate surface area is 180 Å². The molecule has 0 spiro atoms. The summed E-state index contributed by atoms with van der Waals surface area (Å²) in [6.45, 7) is 0.215. The molecule has 0 unspecified atom stereocenters. The van der Waals surface area contributed by atoms with Crippen LogP contribution in [0.25, 0.3) is 10.8 Å². The molecule has 0 aliphatic carbocycles. The van der Waals surface area contributed by atoms with E-state index in [1.54, 1.807) is 24.3 Å². The molecule has 5 heteroatoms. The Morgan fingerprint density at radius 2 is 1.45 bits per heavy atom. The zero-order chi connectivity index (χ0) is 21.5. The molecule has 0 radical (unpaired) electrons. The summed E-state index contributed by atoms with van der Waals surface area (Å²) in [6, 6.07) is 30.2. The van der Waals surface area contributed by atoms with Gasteiger partial charge in [0.25, 0.3) is 11.8 Å². The molecule has 2 N–H and O–H groups in total. The molecule has 4 aromatic rings. The quantitative estimate of drug-likeness (QED) is 0.460. The number of fused-ring (bicyclic) bond motifs is 1. The van der Waals surface area contributed by atoms with Gasteiger partial charge in [0.1, 0.15) is 5.75 Å². The topological polar surface area (TPSA) is 67.4 Å². The zero-order valence-electron chi connectivity index (χ0n) is 16.9. The van der Waals surface area contributed by atoms with Crippen molar-refractivity contribution in [3.8, 4) is 5.75 Å². The SMILES string of the molecule is O=C(COc1ccccc1C(=O)NCc1ccccc1)Nc1ccc2ccccc2c1. The van der Waals surface area contributed by atoms with E-state index in [-0.39, 0.29) is 18.4 Å². The number of rotatable bonds is 7. The van der Waals surface area contributed by atoms with Crippen LogP contribution in [0.15, 0.2) is 97.1 Å². The summed E-state index contributed by atoms with van der Waals surface area (Å²) < 4.78 is 5.66. The third kappa shape index (κ3) is 5.28. The van der Waals surface area contributed by atoms with Gasteiger partial charge in [0, 0.05) is 12.2 Å².